The summed E-state index contributed by atoms with van der Waals surface area (Å²) in [5.74, 6) is -0.742. The zero-order chi connectivity index (χ0) is 22.5. The van der Waals surface area contributed by atoms with Gasteiger partial charge in [-0.1, -0.05) is 54.1 Å². The van der Waals surface area contributed by atoms with Crippen LogP contribution < -0.4 is 10.1 Å². The molecule has 1 aliphatic rings. The van der Waals surface area contributed by atoms with Gasteiger partial charge in [0, 0.05) is 11.1 Å². The van der Waals surface area contributed by atoms with Crippen molar-refractivity contribution in [1.82, 2.24) is 5.32 Å². The molecule has 1 aliphatic heterocycles. The average Bonchev–Trinajstić information content (AvgIpc) is 3.13. The first-order valence-electron chi connectivity index (χ1n) is 9.54. The lowest BCUT2D eigenvalue weighted by atomic mass is 10.2. The van der Waals surface area contributed by atoms with E-state index >= 15 is 0 Å². The molecule has 8 heteroatoms. The van der Waals surface area contributed by atoms with Crippen LogP contribution in [0.1, 0.15) is 21.5 Å². The van der Waals surface area contributed by atoms with Crippen LogP contribution in [0, 0.1) is 5.82 Å². The minimum absolute atomic E-state index is 0.0420. The Morgan fingerprint density at radius 1 is 1.09 bits per heavy atom. The molecule has 0 spiro atoms. The largest absolute Gasteiger partial charge is 0.487 e. The molecule has 0 bridgehead atoms. The molecule has 32 heavy (non-hydrogen) atoms. The molecular formula is C24H16ClFN2O3S. The molecule has 2 amide bonds. The predicted octanol–water partition coefficient (Wildman–Crippen LogP) is 5.46. The van der Waals surface area contributed by atoms with Gasteiger partial charge < -0.3 is 10.1 Å². The molecular weight excluding hydrogens is 451 g/mol. The van der Waals surface area contributed by atoms with Gasteiger partial charge in [-0.3, -0.25) is 9.59 Å². The predicted molar refractivity (Wildman–Crippen MR) is 124 cm³/mol. The van der Waals surface area contributed by atoms with Crippen molar-refractivity contribution in [3.8, 4) is 5.75 Å². The fourth-order valence-corrected chi connectivity index (χ4v) is 3.93. The Morgan fingerprint density at radius 2 is 1.84 bits per heavy atom. The monoisotopic (exact) mass is 466 g/mol. The third-order valence-electron chi connectivity index (χ3n) is 4.47. The van der Waals surface area contributed by atoms with E-state index in [1.807, 2.05) is 0 Å². The molecule has 160 valence electrons. The number of rotatable bonds is 5. The van der Waals surface area contributed by atoms with Crippen molar-refractivity contribution in [2.45, 2.75) is 6.61 Å². The van der Waals surface area contributed by atoms with Gasteiger partial charge >= 0.3 is 0 Å². The van der Waals surface area contributed by atoms with Gasteiger partial charge in [0.1, 0.15) is 18.2 Å². The summed E-state index contributed by atoms with van der Waals surface area (Å²) in [5.41, 5.74) is 1.53. The molecule has 0 saturated carbocycles. The fourth-order valence-electron chi connectivity index (χ4n) is 2.86. The van der Waals surface area contributed by atoms with E-state index in [2.05, 4.69) is 10.3 Å². The topological polar surface area (TPSA) is 67.8 Å². The van der Waals surface area contributed by atoms with Crippen molar-refractivity contribution < 1.29 is 18.7 Å². The van der Waals surface area contributed by atoms with Crippen molar-refractivity contribution in [3.05, 3.63) is 105 Å². The van der Waals surface area contributed by atoms with Gasteiger partial charge in [-0.2, -0.15) is 4.99 Å². The summed E-state index contributed by atoms with van der Waals surface area (Å²) < 4.78 is 19.4. The maximum absolute atomic E-state index is 13.7. The molecule has 4 rings (SSSR count). The van der Waals surface area contributed by atoms with Gasteiger partial charge in [0.25, 0.3) is 11.8 Å². The zero-order valence-electron chi connectivity index (χ0n) is 16.5. The zero-order valence-corrected chi connectivity index (χ0v) is 18.1. The van der Waals surface area contributed by atoms with E-state index in [4.69, 9.17) is 16.3 Å². The highest BCUT2D eigenvalue weighted by atomic mass is 35.5. The first kappa shape index (κ1) is 21.8. The molecule has 1 heterocycles. The van der Waals surface area contributed by atoms with E-state index in [1.54, 1.807) is 72.8 Å². The summed E-state index contributed by atoms with van der Waals surface area (Å²) in [6, 6.07) is 20.0. The summed E-state index contributed by atoms with van der Waals surface area (Å²) in [4.78, 5) is 28.8. The number of thioether (sulfide) groups is 1. The van der Waals surface area contributed by atoms with Gasteiger partial charge in [0.05, 0.1) is 9.93 Å². The van der Waals surface area contributed by atoms with E-state index in [-0.39, 0.29) is 23.5 Å². The lowest BCUT2D eigenvalue weighted by Gasteiger charge is -2.09. The highest BCUT2D eigenvalue weighted by Crippen LogP contribution is 2.30. The second kappa shape index (κ2) is 9.80. The molecule has 0 aromatic heterocycles. The summed E-state index contributed by atoms with van der Waals surface area (Å²) >= 11 is 7.37. The van der Waals surface area contributed by atoms with Crippen molar-refractivity contribution in [2.24, 2.45) is 4.99 Å². The third-order valence-corrected chi connectivity index (χ3v) is 5.67. The first-order valence-corrected chi connectivity index (χ1v) is 10.7. The molecule has 1 saturated heterocycles. The SMILES string of the molecule is O=C1NC(=NC(=O)c2ccccc2)S/C1=C\c1ccc(OCc2ccccc2F)c(Cl)c1. The number of halogens is 2. The third kappa shape index (κ3) is 5.25. The number of ether oxygens (including phenoxy) is 1. The first-order chi connectivity index (χ1) is 15.5. The molecule has 0 atom stereocenters. The summed E-state index contributed by atoms with van der Waals surface area (Å²) in [5, 5.41) is 3.13. The van der Waals surface area contributed by atoms with Crippen LogP contribution in [0.25, 0.3) is 6.08 Å². The number of aliphatic imine (C=N–C) groups is 1. The van der Waals surface area contributed by atoms with Crippen LogP contribution in [0.2, 0.25) is 5.02 Å². The van der Waals surface area contributed by atoms with Crippen LogP contribution in [0.5, 0.6) is 5.75 Å². The molecule has 3 aromatic rings. The summed E-state index contributed by atoms with van der Waals surface area (Å²) in [7, 11) is 0. The number of hydrogen-bond acceptors (Lipinski definition) is 4. The quantitative estimate of drug-likeness (QED) is 0.507. The maximum atomic E-state index is 13.7. The van der Waals surface area contributed by atoms with E-state index in [9.17, 15) is 14.0 Å². The van der Waals surface area contributed by atoms with Gasteiger partial charge in [0.15, 0.2) is 5.17 Å². The number of hydrogen-bond donors (Lipinski definition) is 1. The second-order valence-corrected chi connectivity index (χ2v) is 8.16. The Hall–Kier alpha value is -3.42. The van der Waals surface area contributed by atoms with E-state index in [1.165, 1.54) is 6.07 Å². The highest BCUT2D eigenvalue weighted by molar-refractivity contribution is 8.18. The van der Waals surface area contributed by atoms with E-state index in [0.717, 1.165) is 11.8 Å². The van der Waals surface area contributed by atoms with Gasteiger partial charge in [-0.05, 0) is 53.7 Å². The lowest BCUT2D eigenvalue weighted by Crippen LogP contribution is -2.20. The molecule has 0 aliphatic carbocycles. The van der Waals surface area contributed by atoms with Gasteiger partial charge in [0.2, 0.25) is 0 Å². The Labute approximate surface area is 193 Å². The number of carbonyl (C=O) groups excluding carboxylic acids is 2. The molecule has 1 N–H and O–H groups in total. The number of benzene rings is 3. The van der Waals surface area contributed by atoms with E-state index in [0.29, 0.717) is 32.4 Å². The standard InChI is InChI=1S/C24H16ClFN2O3S/c25-18-12-15(10-11-20(18)31-14-17-8-4-5-9-19(17)26)13-21-23(30)28-24(32-21)27-22(29)16-6-2-1-3-7-16/h1-13H,14H2,(H,27,28,29,30)/b21-13-. The van der Waals surface area contributed by atoms with Crippen LogP contribution in [0.3, 0.4) is 0 Å². The van der Waals surface area contributed by atoms with Crippen LogP contribution in [-0.4, -0.2) is 17.0 Å². The Bertz CT molecular complexity index is 1250. The minimum atomic E-state index is -0.436. The van der Waals surface area contributed by atoms with Crippen molar-refractivity contribution in [2.75, 3.05) is 0 Å². The maximum Gasteiger partial charge on any atom is 0.279 e. The molecule has 1 fully saturated rings. The summed E-state index contributed by atoms with van der Waals surface area (Å²) in [6.07, 6.45) is 1.64. The van der Waals surface area contributed by atoms with Crippen LogP contribution >= 0.6 is 23.4 Å². The molecule has 0 radical (unpaired) electrons. The molecule has 3 aromatic carbocycles. The molecule has 0 unspecified atom stereocenters. The number of nitrogens with zero attached hydrogens (tertiary/aromatic N) is 1. The minimum Gasteiger partial charge on any atom is -0.487 e. The van der Waals surface area contributed by atoms with Gasteiger partial charge in [-0.15, -0.1) is 0 Å². The fraction of sp³-hybridized carbons (Fsp3) is 0.0417. The number of carbonyl (C=O) groups is 2. The number of amides is 2. The Morgan fingerprint density at radius 3 is 2.59 bits per heavy atom. The van der Waals surface area contributed by atoms with E-state index < -0.39 is 5.91 Å². The van der Waals surface area contributed by atoms with Crippen LogP contribution in [-0.2, 0) is 11.4 Å². The summed E-state index contributed by atoms with van der Waals surface area (Å²) in [6.45, 7) is 0.0420. The average molecular weight is 467 g/mol. The Balaban J connectivity index is 1.45. The second-order valence-electron chi connectivity index (χ2n) is 6.72. The van der Waals surface area contributed by atoms with Crippen molar-refractivity contribution >= 4 is 46.4 Å². The lowest BCUT2D eigenvalue weighted by molar-refractivity contribution is -0.115. The van der Waals surface area contributed by atoms with Crippen LogP contribution in [0.4, 0.5) is 4.39 Å². The van der Waals surface area contributed by atoms with Crippen molar-refractivity contribution in [1.29, 1.82) is 0 Å². The number of nitrogens with one attached hydrogen (secondary N) is 1. The Kier molecular flexibility index (Phi) is 6.68. The normalized spacial score (nSPS) is 15.8. The highest BCUT2D eigenvalue weighted by Gasteiger charge is 2.25. The van der Waals surface area contributed by atoms with Gasteiger partial charge in [-0.25, -0.2) is 4.39 Å². The smallest absolute Gasteiger partial charge is 0.279 e. The van der Waals surface area contributed by atoms with Crippen LogP contribution in [0.15, 0.2) is 82.7 Å². The van der Waals surface area contributed by atoms with Crippen molar-refractivity contribution in [3.63, 3.8) is 0 Å². The number of amidine groups is 1. The molecule has 5 nitrogen and oxygen atoms in total.